The molecule has 2 aromatic rings. The lowest BCUT2D eigenvalue weighted by atomic mass is 10.2. The number of nitrogens with zero attached hydrogens (tertiary/aromatic N) is 2. The summed E-state index contributed by atoms with van der Waals surface area (Å²) in [5.74, 6) is 0. The third kappa shape index (κ3) is 1.26. The van der Waals surface area contributed by atoms with Gasteiger partial charge in [0.2, 0.25) is 0 Å². The van der Waals surface area contributed by atoms with E-state index < -0.39 is 0 Å². The van der Waals surface area contributed by atoms with Gasteiger partial charge in [-0.25, -0.2) is 0 Å². The largest absolute Gasteiger partial charge is 0.325 e. The zero-order valence-corrected chi connectivity index (χ0v) is 8.87. The van der Waals surface area contributed by atoms with Gasteiger partial charge in [-0.1, -0.05) is 22.0 Å². The highest BCUT2D eigenvalue weighted by Crippen LogP contribution is 2.26. The molecule has 4 heteroatoms. The van der Waals surface area contributed by atoms with E-state index >= 15 is 0 Å². The molecule has 2 N–H and O–H groups in total. The first kappa shape index (κ1) is 8.72. The quantitative estimate of drug-likeness (QED) is 0.825. The van der Waals surface area contributed by atoms with Crippen molar-refractivity contribution < 1.29 is 0 Å². The van der Waals surface area contributed by atoms with Crippen LogP contribution in [0.2, 0.25) is 0 Å². The predicted molar refractivity (Wildman–Crippen MR) is 56.3 cm³/mol. The lowest BCUT2D eigenvalue weighted by Crippen LogP contribution is -1.98. The summed E-state index contributed by atoms with van der Waals surface area (Å²) >= 11 is 3.49. The van der Waals surface area contributed by atoms with Crippen molar-refractivity contribution in [3.63, 3.8) is 0 Å². The summed E-state index contributed by atoms with van der Waals surface area (Å²) in [6.45, 7) is 0.472. The summed E-state index contributed by atoms with van der Waals surface area (Å²) in [5.41, 5.74) is 7.64. The van der Waals surface area contributed by atoms with E-state index in [4.69, 9.17) is 5.73 Å². The van der Waals surface area contributed by atoms with Crippen LogP contribution in [0.4, 0.5) is 0 Å². The fraction of sp³-hybridized carbons (Fsp3) is 0.222. The summed E-state index contributed by atoms with van der Waals surface area (Å²) in [4.78, 5) is 0. The smallest absolute Gasteiger partial charge is 0.0850 e. The van der Waals surface area contributed by atoms with Gasteiger partial charge in [-0.05, 0) is 12.1 Å². The van der Waals surface area contributed by atoms with Gasteiger partial charge in [0.15, 0.2) is 0 Å². The summed E-state index contributed by atoms with van der Waals surface area (Å²) in [6.07, 6.45) is 0. The highest BCUT2D eigenvalue weighted by molar-refractivity contribution is 9.10. The number of aryl methyl sites for hydroxylation is 1. The molecule has 0 bridgehead atoms. The Bertz CT molecular complexity index is 447. The first-order valence-corrected chi connectivity index (χ1v) is 4.83. The molecule has 0 unspecified atom stereocenters. The molecule has 0 radical (unpaired) electrons. The topological polar surface area (TPSA) is 43.8 Å². The Kier molecular flexibility index (Phi) is 2.09. The number of hydrogen-bond donors (Lipinski definition) is 1. The van der Waals surface area contributed by atoms with Crippen LogP contribution in [0.1, 0.15) is 5.69 Å². The van der Waals surface area contributed by atoms with Crippen molar-refractivity contribution in [1.29, 1.82) is 0 Å². The van der Waals surface area contributed by atoms with Gasteiger partial charge >= 0.3 is 0 Å². The van der Waals surface area contributed by atoms with E-state index in [1.807, 2.05) is 29.9 Å². The van der Waals surface area contributed by atoms with Crippen LogP contribution in [-0.4, -0.2) is 9.78 Å². The van der Waals surface area contributed by atoms with Gasteiger partial charge in [-0.2, -0.15) is 5.10 Å². The molecule has 0 saturated carbocycles. The van der Waals surface area contributed by atoms with Crippen molar-refractivity contribution in [2.75, 3.05) is 0 Å². The summed E-state index contributed by atoms with van der Waals surface area (Å²) in [6, 6.07) is 6.03. The summed E-state index contributed by atoms with van der Waals surface area (Å²) < 4.78 is 2.90. The number of fused-ring (bicyclic) bond motifs is 1. The Balaban J connectivity index is 2.89. The van der Waals surface area contributed by atoms with Gasteiger partial charge in [0.1, 0.15) is 0 Å². The van der Waals surface area contributed by atoms with E-state index in [1.54, 1.807) is 0 Å². The number of halogens is 1. The van der Waals surface area contributed by atoms with Gasteiger partial charge in [-0.3, -0.25) is 4.68 Å². The van der Waals surface area contributed by atoms with Crippen molar-refractivity contribution in [3.8, 4) is 0 Å². The minimum atomic E-state index is 0.472. The minimum absolute atomic E-state index is 0.472. The standard InChI is InChI=1S/C9H10BrN3/c1-13-8-4-2-3-6(10)9(8)7(5-11)12-13/h2-4H,5,11H2,1H3. The third-order valence-corrected chi connectivity index (χ3v) is 2.75. The lowest BCUT2D eigenvalue weighted by molar-refractivity contribution is 0.766. The zero-order valence-electron chi connectivity index (χ0n) is 7.29. The highest BCUT2D eigenvalue weighted by atomic mass is 79.9. The second kappa shape index (κ2) is 3.12. The molecule has 3 nitrogen and oxygen atoms in total. The number of nitrogens with two attached hydrogens (primary N) is 1. The van der Waals surface area contributed by atoms with E-state index in [2.05, 4.69) is 21.0 Å². The highest BCUT2D eigenvalue weighted by Gasteiger charge is 2.08. The summed E-state index contributed by atoms with van der Waals surface area (Å²) in [7, 11) is 1.92. The summed E-state index contributed by atoms with van der Waals surface area (Å²) in [5, 5.41) is 5.45. The molecular weight excluding hydrogens is 230 g/mol. The molecule has 0 aliphatic rings. The molecule has 0 atom stereocenters. The normalized spacial score (nSPS) is 11.0. The maximum atomic E-state index is 5.60. The fourth-order valence-corrected chi connectivity index (χ4v) is 2.08. The Morgan fingerprint density at radius 2 is 2.31 bits per heavy atom. The molecule has 0 aliphatic heterocycles. The van der Waals surface area contributed by atoms with E-state index in [1.165, 1.54) is 0 Å². The van der Waals surface area contributed by atoms with Crippen molar-refractivity contribution >= 4 is 26.8 Å². The van der Waals surface area contributed by atoms with Crippen molar-refractivity contribution in [1.82, 2.24) is 9.78 Å². The maximum absolute atomic E-state index is 5.60. The molecule has 0 saturated heterocycles. The molecule has 1 heterocycles. The molecule has 68 valence electrons. The number of benzene rings is 1. The van der Waals surface area contributed by atoms with Crippen molar-refractivity contribution in [2.24, 2.45) is 12.8 Å². The van der Waals surface area contributed by atoms with Crippen LogP contribution in [0, 0.1) is 0 Å². The van der Waals surface area contributed by atoms with Crippen molar-refractivity contribution in [3.05, 3.63) is 28.4 Å². The maximum Gasteiger partial charge on any atom is 0.0850 e. The molecule has 0 amide bonds. The average Bonchev–Trinajstić information content (AvgIpc) is 2.45. The number of aromatic nitrogens is 2. The monoisotopic (exact) mass is 239 g/mol. The Morgan fingerprint density at radius 1 is 1.54 bits per heavy atom. The van der Waals surface area contributed by atoms with Gasteiger partial charge in [0, 0.05) is 23.5 Å². The minimum Gasteiger partial charge on any atom is -0.325 e. The van der Waals surface area contributed by atoms with E-state index in [9.17, 15) is 0 Å². The van der Waals surface area contributed by atoms with E-state index in [0.717, 1.165) is 21.1 Å². The Labute approximate surface area is 84.7 Å². The number of rotatable bonds is 1. The van der Waals surface area contributed by atoms with Gasteiger partial charge in [0.05, 0.1) is 11.2 Å². The zero-order chi connectivity index (χ0) is 9.42. The van der Waals surface area contributed by atoms with Crippen LogP contribution in [0.5, 0.6) is 0 Å². The van der Waals surface area contributed by atoms with Crippen LogP contribution < -0.4 is 5.73 Å². The average molecular weight is 240 g/mol. The van der Waals surface area contributed by atoms with Gasteiger partial charge < -0.3 is 5.73 Å². The first-order chi connectivity index (χ1) is 6.24. The van der Waals surface area contributed by atoms with Crippen LogP contribution in [0.15, 0.2) is 22.7 Å². The molecule has 1 aromatic heterocycles. The molecule has 0 spiro atoms. The molecule has 0 fully saturated rings. The van der Waals surface area contributed by atoms with Crippen molar-refractivity contribution in [2.45, 2.75) is 6.54 Å². The lowest BCUT2D eigenvalue weighted by Gasteiger charge is -1.95. The van der Waals surface area contributed by atoms with Crippen LogP contribution in [-0.2, 0) is 13.6 Å². The number of hydrogen-bond acceptors (Lipinski definition) is 2. The molecule has 1 aromatic carbocycles. The Hall–Kier alpha value is -0.870. The third-order valence-electron chi connectivity index (χ3n) is 2.09. The second-order valence-electron chi connectivity index (χ2n) is 2.91. The fourth-order valence-electron chi connectivity index (χ4n) is 1.50. The van der Waals surface area contributed by atoms with Gasteiger partial charge in [0.25, 0.3) is 0 Å². The molecular formula is C9H10BrN3. The molecule has 2 rings (SSSR count). The van der Waals surface area contributed by atoms with E-state index in [-0.39, 0.29) is 0 Å². The SMILES string of the molecule is Cn1nc(CN)c2c(Br)cccc21. The van der Waals surface area contributed by atoms with E-state index in [0.29, 0.717) is 6.54 Å². The van der Waals surface area contributed by atoms with Crippen LogP contribution >= 0.6 is 15.9 Å². The predicted octanol–water partition coefficient (Wildman–Crippen LogP) is 1.79. The van der Waals surface area contributed by atoms with Gasteiger partial charge in [-0.15, -0.1) is 0 Å². The first-order valence-electron chi connectivity index (χ1n) is 4.04. The molecule has 0 aliphatic carbocycles. The molecule has 13 heavy (non-hydrogen) atoms. The Morgan fingerprint density at radius 3 is 3.00 bits per heavy atom. The second-order valence-corrected chi connectivity index (χ2v) is 3.76. The van der Waals surface area contributed by atoms with Crippen LogP contribution in [0.25, 0.3) is 10.9 Å². The van der Waals surface area contributed by atoms with Crippen LogP contribution in [0.3, 0.4) is 0 Å².